The third-order valence-corrected chi connectivity index (χ3v) is 3.57. The lowest BCUT2D eigenvalue weighted by Crippen LogP contribution is -2.18. The van der Waals surface area contributed by atoms with Crippen molar-refractivity contribution >= 4 is 12.1 Å². The van der Waals surface area contributed by atoms with E-state index in [0.717, 1.165) is 11.1 Å². The largest absolute Gasteiger partial charge is 0.493 e. The number of hydrogen-bond acceptors (Lipinski definition) is 6. The molecule has 2 heterocycles. The highest BCUT2D eigenvalue weighted by molar-refractivity contribution is 5.94. The number of H-pyrrole nitrogens is 1. The van der Waals surface area contributed by atoms with Crippen LogP contribution in [-0.2, 0) is 0 Å². The number of nitrogens with zero attached hydrogens (tertiary/aromatic N) is 3. The van der Waals surface area contributed by atoms with Crippen molar-refractivity contribution in [2.45, 2.75) is 0 Å². The van der Waals surface area contributed by atoms with Crippen LogP contribution in [0.25, 0.3) is 11.3 Å². The molecule has 26 heavy (non-hydrogen) atoms. The average molecular weight is 351 g/mol. The van der Waals surface area contributed by atoms with Crippen LogP contribution >= 0.6 is 0 Å². The van der Waals surface area contributed by atoms with Crippen molar-refractivity contribution in [1.82, 2.24) is 20.6 Å². The average Bonchev–Trinajstić information content (AvgIpc) is 3.18. The monoisotopic (exact) mass is 351 g/mol. The molecule has 3 rings (SSSR count). The summed E-state index contributed by atoms with van der Waals surface area (Å²) in [5.74, 6) is 0.805. The maximum Gasteiger partial charge on any atom is 0.289 e. The molecule has 0 aliphatic rings. The van der Waals surface area contributed by atoms with E-state index in [9.17, 15) is 4.79 Å². The van der Waals surface area contributed by atoms with E-state index in [2.05, 4.69) is 25.7 Å². The van der Waals surface area contributed by atoms with Gasteiger partial charge in [0.05, 0.1) is 26.1 Å². The molecule has 8 nitrogen and oxygen atoms in total. The van der Waals surface area contributed by atoms with Gasteiger partial charge in [-0.15, -0.1) is 0 Å². The highest BCUT2D eigenvalue weighted by atomic mass is 16.5. The van der Waals surface area contributed by atoms with Crippen LogP contribution in [0.2, 0.25) is 0 Å². The third-order valence-electron chi connectivity index (χ3n) is 3.57. The van der Waals surface area contributed by atoms with Crippen LogP contribution in [0.5, 0.6) is 11.5 Å². The van der Waals surface area contributed by atoms with E-state index in [1.807, 2.05) is 12.1 Å². The fourth-order valence-corrected chi connectivity index (χ4v) is 2.26. The molecule has 0 aliphatic carbocycles. The summed E-state index contributed by atoms with van der Waals surface area (Å²) in [5, 5.41) is 10.8. The fourth-order valence-electron chi connectivity index (χ4n) is 2.26. The van der Waals surface area contributed by atoms with Gasteiger partial charge in [0.2, 0.25) is 0 Å². The minimum atomic E-state index is -0.399. The topological polar surface area (TPSA) is 101 Å². The first-order chi connectivity index (χ1) is 12.7. The molecule has 3 aromatic rings. The second-order valence-electron chi connectivity index (χ2n) is 5.22. The second kappa shape index (κ2) is 7.93. The summed E-state index contributed by atoms with van der Waals surface area (Å²) in [5.41, 5.74) is 4.90. The zero-order chi connectivity index (χ0) is 18.4. The summed E-state index contributed by atoms with van der Waals surface area (Å²) in [6, 6.07) is 10.6. The molecule has 8 heteroatoms. The highest BCUT2D eigenvalue weighted by Crippen LogP contribution is 2.31. The van der Waals surface area contributed by atoms with Gasteiger partial charge in [0.1, 0.15) is 5.69 Å². The molecular formula is C18H17N5O3. The molecule has 0 fully saturated rings. The van der Waals surface area contributed by atoms with Crippen molar-refractivity contribution in [3.8, 4) is 22.8 Å². The van der Waals surface area contributed by atoms with Crippen LogP contribution in [-0.4, -0.2) is 41.5 Å². The van der Waals surface area contributed by atoms with Gasteiger partial charge in [-0.05, 0) is 30.3 Å². The quantitative estimate of drug-likeness (QED) is 0.524. The van der Waals surface area contributed by atoms with Gasteiger partial charge in [0, 0.05) is 23.5 Å². The number of rotatable bonds is 6. The molecule has 0 bridgehead atoms. The number of aromatic amines is 1. The Labute approximate surface area is 149 Å². The number of hydrogen-bond donors (Lipinski definition) is 2. The van der Waals surface area contributed by atoms with Gasteiger partial charge in [0.25, 0.3) is 5.91 Å². The third kappa shape index (κ3) is 3.86. The number of hydrazone groups is 1. The maximum absolute atomic E-state index is 12.1. The molecule has 2 N–H and O–H groups in total. The van der Waals surface area contributed by atoms with Crippen molar-refractivity contribution in [2.75, 3.05) is 14.2 Å². The normalized spacial score (nSPS) is 10.7. The van der Waals surface area contributed by atoms with E-state index < -0.39 is 5.91 Å². The number of benzene rings is 1. The smallest absolute Gasteiger partial charge is 0.289 e. The summed E-state index contributed by atoms with van der Waals surface area (Å²) in [7, 11) is 3.13. The first-order valence-corrected chi connectivity index (χ1v) is 7.72. The number of aromatic nitrogens is 3. The number of carbonyl (C=O) groups is 1. The first-order valence-electron chi connectivity index (χ1n) is 7.72. The van der Waals surface area contributed by atoms with Crippen molar-refractivity contribution in [3.63, 3.8) is 0 Å². The molecule has 0 saturated heterocycles. The SMILES string of the molecule is COc1ccc(-c2cc(C(=O)NN=Cc3cccnc3)[nH]n2)cc1OC. The van der Waals surface area contributed by atoms with Crippen molar-refractivity contribution in [3.05, 3.63) is 60.0 Å². The van der Waals surface area contributed by atoms with Crippen LogP contribution < -0.4 is 14.9 Å². The summed E-state index contributed by atoms with van der Waals surface area (Å²) in [6.07, 6.45) is 4.81. The molecule has 0 aliphatic heterocycles. The lowest BCUT2D eigenvalue weighted by atomic mass is 10.1. The van der Waals surface area contributed by atoms with Gasteiger partial charge in [0.15, 0.2) is 11.5 Å². The number of pyridine rings is 1. The molecule has 0 unspecified atom stereocenters. The highest BCUT2D eigenvalue weighted by Gasteiger charge is 2.12. The Balaban J connectivity index is 1.71. The van der Waals surface area contributed by atoms with Gasteiger partial charge in [-0.2, -0.15) is 10.2 Å². The molecule has 1 aromatic carbocycles. The Morgan fingerprint density at radius 1 is 1.19 bits per heavy atom. The Morgan fingerprint density at radius 2 is 2.04 bits per heavy atom. The maximum atomic E-state index is 12.1. The molecule has 2 aromatic heterocycles. The molecule has 0 radical (unpaired) electrons. The molecule has 132 valence electrons. The predicted octanol–water partition coefficient (Wildman–Crippen LogP) is 2.25. The molecule has 0 spiro atoms. The van der Waals surface area contributed by atoms with Gasteiger partial charge < -0.3 is 9.47 Å². The van der Waals surface area contributed by atoms with Crippen molar-refractivity contribution in [1.29, 1.82) is 0 Å². The Kier molecular flexibility index (Phi) is 5.23. The van der Waals surface area contributed by atoms with E-state index in [-0.39, 0.29) is 5.69 Å². The zero-order valence-electron chi connectivity index (χ0n) is 14.3. The fraction of sp³-hybridized carbons (Fsp3) is 0.111. The van der Waals surface area contributed by atoms with Crippen LogP contribution in [0.4, 0.5) is 0 Å². The van der Waals surface area contributed by atoms with Gasteiger partial charge >= 0.3 is 0 Å². The van der Waals surface area contributed by atoms with E-state index in [4.69, 9.17) is 9.47 Å². The molecular weight excluding hydrogens is 334 g/mol. The Morgan fingerprint density at radius 3 is 2.77 bits per heavy atom. The molecule has 0 saturated carbocycles. The van der Waals surface area contributed by atoms with E-state index in [1.54, 1.807) is 50.9 Å². The lowest BCUT2D eigenvalue weighted by molar-refractivity contribution is 0.0950. The van der Waals surface area contributed by atoms with E-state index in [1.165, 1.54) is 6.21 Å². The summed E-state index contributed by atoms with van der Waals surface area (Å²) in [4.78, 5) is 16.1. The van der Waals surface area contributed by atoms with Crippen molar-refractivity contribution in [2.24, 2.45) is 5.10 Å². The van der Waals surface area contributed by atoms with Crippen LogP contribution in [0.1, 0.15) is 16.1 Å². The minimum Gasteiger partial charge on any atom is -0.493 e. The number of nitrogens with one attached hydrogen (secondary N) is 2. The van der Waals surface area contributed by atoms with Crippen LogP contribution in [0, 0.1) is 0 Å². The summed E-state index contributed by atoms with van der Waals surface area (Å²) >= 11 is 0. The molecule has 0 atom stereocenters. The van der Waals surface area contributed by atoms with E-state index in [0.29, 0.717) is 17.2 Å². The predicted molar refractivity (Wildman–Crippen MR) is 96.4 cm³/mol. The minimum absolute atomic E-state index is 0.290. The number of methoxy groups -OCH3 is 2. The van der Waals surface area contributed by atoms with Gasteiger partial charge in [-0.25, -0.2) is 5.43 Å². The summed E-state index contributed by atoms with van der Waals surface area (Å²) in [6.45, 7) is 0. The lowest BCUT2D eigenvalue weighted by Gasteiger charge is -2.08. The number of carbonyl (C=O) groups excluding carboxylic acids is 1. The molecule has 1 amide bonds. The van der Waals surface area contributed by atoms with E-state index >= 15 is 0 Å². The van der Waals surface area contributed by atoms with Crippen LogP contribution in [0.3, 0.4) is 0 Å². The van der Waals surface area contributed by atoms with Crippen LogP contribution in [0.15, 0.2) is 53.9 Å². The van der Waals surface area contributed by atoms with Crippen molar-refractivity contribution < 1.29 is 14.3 Å². The summed E-state index contributed by atoms with van der Waals surface area (Å²) < 4.78 is 10.5. The Bertz CT molecular complexity index is 922. The first kappa shape index (κ1) is 17.2. The van der Waals surface area contributed by atoms with Gasteiger partial charge in [-0.3, -0.25) is 14.9 Å². The Hall–Kier alpha value is -3.68. The van der Waals surface area contributed by atoms with Gasteiger partial charge in [-0.1, -0.05) is 6.07 Å². The number of ether oxygens (including phenoxy) is 2. The standard InChI is InChI=1S/C18H17N5O3/c1-25-16-6-5-13(8-17(16)26-2)14-9-15(22-21-14)18(24)23-20-11-12-4-3-7-19-10-12/h3-11H,1-2H3,(H,21,22)(H,23,24). The zero-order valence-corrected chi connectivity index (χ0v) is 14.3. The second-order valence-corrected chi connectivity index (χ2v) is 5.22. The number of amides is 1.